The smallest absolute Gasteiger partial charge is 0.324 e. The maximum Gasteiger partial charge on any atom is 0.324 e. The van der Waals surface area contributed by atoms with Crippen molar-refractivity contribution in [3.05, 3.63) is 41.8 Å². The number of ether oxygens (including phenoxy) is 1. The third-order valence-electron chi connectivity index (χ3n) is 2.73. The minimum Gasteiger partial charge on any atom is -0.494 e. The van der Waals surface area contributed by atoms with Gasteiger partial charge in [-0.15, -0.1) is 11.3 Å². The van der Waals surface area contributed by atoms with E-state index in [9.17, 15) is 13.2 Å². The van der Waals surface area contributed by atoms with Gasteiger partial charge in [0, 0.05) is 6.07 Å². The molecule has 1 heterocycles. The summed E-state index contributed by atoms with van der Waals surface area (Å²) in [4.78, 5) is 11.1. The van der Waals surface area contributed by atoms with Crippen LogP contribution in [-0.4, -0.2) is 32.6 Å². The number of aliphatic carboxylic acids is 1. The number of sulfonamides is 1. The lowest BCUT2D eigenvalue weighted by Gasteiger charge is -2.22. The van der Waals surface area contributed by atoms with Crippen molar-refractivity contribution in [1.29, 1.82) is 0 Å². The van der Waals surface area contributed by atoms with Crippen LogP contribution in [0.15, 0.2) is 46.0 Å². The van der Waals surface area contributed by atoms with Gasteiger partial charge in [-0.3, -0.25) is 9.10 Å². The van der Waals surface area contributed by atoms with Gasteiger partial charge in [0.25, 0.3) is 10.0 Å². The molecule has 8 heteroatoms. The van der Waals surface area contributed by atoms with Crippen LogP contribution in [0.4, 0.5) is 5.69 Å². The minimum atomic E-state index is -3.92. The van der Waals surface area contributed by atoms with Gasteiger partial charge in [0.05, 0.1) is 12.3 Å². The zero-order chi connectivity index (χ0) is 16.2. The van der Waals surface area contributed by atoms with Crippen LogP contribution in [0.5, 0.6) is 5.75 Å². The summed E-state index contributed by atoms with van der Waals surface area (Å²) in [6.45, 7) is 1.58. The molecule has 0 aliphatic rings. The van der Waals surface area contributed by atoms with Gasteiger partial charge in [0.15, 0.2) is 0 Å². The highest BCUT2D eigenvalue weighted by Crippen LogP contribution is 2.28. The summed E-state index contributed by atoms with van der Waals surface area (Å²) in [5.41, 5.74) is 0.252. The van der Waals surface area contributed by atoms with E-state index >= 15 is 0 Å². The maximum absolute atomic E-state index is 12.6. The summed E-state index contributed by atoms with van der Waals surface area (Å²) in [6.07, 6.45) is 0. The molecule has 0 atom stereocenters. The van der Waals surface area contributed by atoms with Crippen molar-refractivity contribution in [2.45, 2.75) is 11.1 Å². The topological polar surface area (TPSA) is 83.9 Å². The fraction of sp³-hybridized carbons (Fsp3) is 0.214. The third-order valence-corrected chi connectivity index (χ3v) is 5.88. The molecule has 0 radical (unpaired) electrons. The Morgan fingerprint density at radius 3 is 2.68 bits per heavy atom. The van der Waals surface area contributed by atoms with Gasteiger partial charge < -0.3 is 9.84 Å². The van der Waals surface area contributed by atoms with E-state index in [0.29, 0.717) is 12.4 Å². The Balaban J connectivity index is 2.47. The van der Waals surface area contributed by atoms with Gasteiger partial charge >= 0.3 is 5.97 Å². The average Bonchev–Trinajstić information content (AvgIpc) is 3.00. The van der Waals surface area contributed by atoms with E-state index < -0.39 is 22.5 Å². The van der Waals surface area contributed by atoms with Gasteiger partial charge in [0.2, 0.25) is 0 Å². The van der Waals surface area contributed by atoms with Crippen molar-refractivity contribution >= 4 is 33.0 Å². The summed E-state index contributed by atoms with van der Waals surface area (Å²) in [6, 6.07) is 9.41. The van der Waals surface area contributed by atoms with Crippen LogP contribution in [0.1, 0.15) is 6.92 Å². The van der Waals surface area contributed by atoms with Gasteiger partial charge in [-0.25, -0.2) is 8.42 Å². The maximum atomic E-state index is 12.6. The molecule has 0 spiro atoms. The molecular weight excluding hydrogens is 326 g/mol. The summed E-state index contributed by atoms with van der Waals surface area (Å²) in [7, 11) is -3.92. The van der Waals surface area contributed by atoms with E-state index in [1.54, 1.807) is 23.6 Å². The number of carboxylic acid groups (broad SMARTS) is 1. The SMILES string of the molecule is CCOc1cccc(N(CC(=O)O)S(=O)(=O)c2cccs2)c1. The van der Waals surface area contributed by atoms with Crippen LogP contribution < -0.4 is 9.04 Å². The number of thiophene rings is 1. The van der Waals surface area contributed by atoms with Crippen LogP contribution in [0.25, 0.3) is 0 Å². The molecule has 118 valence electrons. The molecule has 0 aliphatic heterocycles. The lowest BCUT2D eigenvalue weighted by atomic mass is 10.3. The zero-order valence-corrected chi connectivity index (χ0v) is 13.4. The molecule has 0 aliphatic carbocycles. The first-order valence-corrected chi connectivity index (χ1v) is 8.78. The van der Waals surface area contributed by atoms with Crippen LogP contribution in [0.2, 0.25) is 0 Å². The Bertz CT molecular complexity index is 740. The van der Waals surface area contributed by atoms with Crippen LogP contribution in [0, 0.1) is 0 Å². The summed E-state index contributed by atoms with van der Waals surface area (Å²) in [5, 5.41) is 10.7. The first kappa shape index (κ1) is 16.3. The average molecular weight is 341 g/mol. The van der Waals surface area contributed by atoms with Gasteiger partial charge in [-0.1, -0.05) is 12.1 Å². The van der Waals surface area contributed by atoms with E-state index in [2.05, 4.69) is 0 Å². The molecule has 0 saturated carbocycles. The monoisotopic (exact) mass is 341 g/mol. The van der Waals surface area contributed by atoms with E-state index in [1.165, 1.54) is 18.2 Å². The number of hydrogen-bond acceptors (Lipinski definition) is 5. The molecule has 2 aromatic rings. The summed E-state index contributed by atoms with van der Waals surface area (Å²) < 4.78 is 31.6. The second kappa shape index (κ2) is 6.80. The first-order chi connectivity index (χ1) is 10.4. The van der Waals surface area contributed by atoms with E-state index in [1.807, 2.05) is 6.92 Å². The van der Waals surface area contributed by atoms with E-state index in [-0.39, 0.29) is 9.90 Å². The number of carbonyl (C=O) groups is 1. The van der Waals surface area contributed by atoms with Crippen molar-refractivity contribution in [3.8, 4) is 5.75 Å². The third kappa shape index (κ3) is 3.58. The van der Waals surface area contributed by atoms with Crippen molar-refractivity contribution in [2.75, 3.05) is 17.5 Å². The molecule has 22 heavy (non-hydrogen) atoms. The Morgan fingerprint density at radius 2 is 2.09 bits per heavy atom. The Morgan fingerprint density at radius 1 is 1.32 bits per heavy atom. The van der Waals surface area contributed by atoms with Gasteiger partial charge in [0.1, 0.15) is 16.5 Å². The number of nitrogens with zero attached hydrogens (tertiary/aromatic N) is 1. The highest BCUT2D eigenvalue weighted by Gasteiger charge is 2.28. The lowest BCUT2D eigenvalue weighted by molar-refractivity contribution is -0.135. The highest BCUT2D eigenvalue weighted by molar-refractivity contribution is 7.94. The minimum absolute atomic E-state index is 0.0931. The highest BCUT2D eigenvalue weighted by atomic mass is 32.2. The molecule has 1 aromatic carbocycles. The second-order valence-electron chi connectivity index (χ2n) is 4.27. The molecule has 1 aromatic heterocycles. The van der Waals surface area contributed by atoms with Crippen molar-refractivity contribution in [1.82, 2.24) is 0 Å². The molecule has 2 rings (SSSR count). The van der Waals surface area contributed by atoms with Gasteiger partial charge in [-0.05, 0) is 30.5 Å². The molecule has 1 N–H and O–H groups in total. The number of carboxylic acids is 1. The van der Waals surface area contributed by atoms with E-state index in [4.69, 9.17) is 9.84 Å². The lowest BCUT2D eigenvalue weighted by Crippen LogP contribution is -2.35. The molecule has 0 bridgehead atoms. The predicted molar refractivity (Wildman–Crippen MR) is 84.1 cm³/mol. The van der Waals surface area contributed by atoms with Crippen molar-refractivity contribution in [3.63, 3.8) is 0 Å². The van der Waals surface area contributed by atoms with Crippen molar-refractivity contribution < 1.29 is 23.1 Å². The first-order valence-electron chi connectivity index (χ1n) is 6.46. The van der Waals surface area contributed by atoms with Crippen LogP contribution in [0.3, 0.4) is 0 Å². The number of rotatable bonds is 7. The Labute approximate surface area is 132 Å². The molecule has 0 amide bonds. The largest absolute Gasteiger partial charge is 0.494 e. The quantitative estimate of drug-likeness (QED) is 0.836. The number of hydrogen-bond donors (Lipinski definition) is 1. The normalized spacial score (nSPS) is 11.1. The molecule has 0 unspecified atom stereocenters. The molecular formula is C14H15NO5S2. The fourth-order valence-electron chi connectivity index (χ4n) is 1.85. The molecule has 6 nitrogen and oxygen atoms in total. The molecule has 0 saturated heterocycles. The molecule has 0 fully saturated rings. The summed E-state index contributed by atoms with van der Waals surface area (Å²) >= 11 is 1.04. The number of benzene rings is 1. The fourth-order valence-corrected chi connectivity index (χ4v) is 4.36. The second-order valence-corrected chi connectivity index (χ2v) is 7.30. The van der Waals surface area contributed by atoms with Crippen LogP contribution >= 0.6 is 11.3 Å². The van der Waals surface area contributed by atoms with Crippen molar-refractivity contribution in [2.24, 2.45) is 0 Å². The van der Waals surface area contributed by atoms with Gasteiger partial charge in [-0.2, -0.15) is 0 Å². The summed E-state index contributed by atoms with van der Waals surface area (Å²) in [5.74, 6) is -0.751. The van der Waals surface area contributed by atoms with Crippen LogP contribution in [-0.2, 0) is 14.8 Å². The van der Waals surface area contributed by atoms with E-state index in [0.717, 1.165) is 15.6 Å². The zero-order valence-electron chi connectivity index (χ0n) is 11.8. The Hall–Kier alpha value is -2.06. The Kier molecular flexibility index (Phi) is 5.04. The standard InChI is InChI=1S/C14H15NO5S2/c1-2-20-12-6-3-5-11(9-12)15(10-13(16)17)22(18,19)14-7-4-8-21-14/h3-9H,2,10H2,1H3,(H,16,17). The number of anilines is 1. The predicted octanol–water partition coefficient (Wildman–Crippen LogP) is 2.43.